The Hall–Kier alpha value is -1.14. The summed E-state index contributed by atoms with van der Waals surface area (Å²) in [6, 6.07) is 0. The van der Waals surface area contributed by atoms with Crippen LogP contribution in [0.3, 0.4) is 0 Å². The molecule has 0 aromatic heterocycles. The van der Waals surface area contributed by atoms with Crippen LogP contribution in [0.25, 0.3) is 0 Å². The summed E-state index contributed by atoms with van der Waals surface area (Å²) in [7, 11) is 1.92. The molecule has 5 N–H and O–H groups in total. The van der Waals surface area contributed by atoms with E-state index in [-0.39, 0.29) is 36.1 Å². The average Bonchev–Trinajstić information content (AvgIpc) is 2.83. The van der Waals surface area contributed by atoms with Gasteiger partial charge in [0.25, 0.3) is 0 Å². The Morgan fingerprint density at radius 2 is 1.32 bits per heavy atom. The monoisotopic (exact) mass is 576 g/mol. The average molecular weight is 576 g/mol. The lowest BCUT2D eigenvalue weighted by Crippen LogP contribution is -2.44. The van der Waals surface area contributed by atoms with Crippen LogP contribution in [0, 0.1) is 16.7 Å². The van der Waals surface area contributed by atoms with Crippen LogP contribution in [0.5, 0.6) is 0 Å². The van der Waals surface area contributed by atoms with Crippen molar-refractivity contribution < 1.29 is 14.7 Å². The van der Waals surface area contributed by atoms with Crippen LogP contribution in [0.2, 0.25) is 0 Å². The molecular weight excluding hydrogens is 498 g/mol. The summed E-state index contributed by atoms with van der Waals surface area (Å²) in [4.78, 5) is 22.4. The topological polar surface area (TPSA) is 104 Å². The minimum absolute atomic E-state index is 0.00121. The minimum Gasteiger partial charge on any atom is -0.393 e. The largest absolute Gasteiger partial charge is 0.393 e. The maximum Gasteiger partial charge on any atom is 0.222 e. The Balaban J connectivity index is -0.000000176. The normalized spacial score (nSPS) is 11.8. The van der Waals surface area contributed by atoms with Gasteiger partial charge in [-0.25, -0.2) is 0 Å². The number of carbonyl (C=O) groups excluding carboxylic acids is 2. The number of primary amides is 1. The molecule has 0 aliphatic heterocycles. The molecule has 0 aromatic carbocycles. The predicted octanol–water partition coefficient (Wildman–Crippen LogP) is 8.64. The lowest BCUT2D eigenvalue weighted by Gasteiger charge is -2.35. The molecule has 0 radical (unpaired) electrons. The van der Waals surface area contributed by atoms with Crippen LogP contribution < -0.4 is 16.4 Å². The fourth-order valence-corrected chi connectivity index (χ4v) is 3.99. The first kappa shape index (κ1) is 48.6. The zero-order chi connectivity index (χ0) is 33.0. The highest BCUT2D eigenvalue weighted by Crippen LogP contribution is 2.28. The molecule has 0 aliphatic carbocycles. The highest BCUT2D eigenvalue weighted by atomic mass is 16.3. The molecular formula is C34H77N3O3. The molecule has 0 saturated carbocycles. The van der Waals surface area contributed by atoms with Gasteiger partial charge in [-0.2, -0.15) is 0 Å². The van der Waals surface area contributed by atoms with Crippen LogP contribution in [0.4, 0.5) is 0 Å². The van der Waals surface area contributed by atoms with E-state index in [2.05, 4.69) is 101 Å². The van der Waals surface area contributed by atoms with E-state index >= 15 is 0 Å². The number of aliphatic hydroxyl groups is 1. The summed E-state index contributed by atoms with van der Waals surface area (Å²) < 4.78 is 0. The third kappa shape index (κ3) is 43.9. The second-order valence-corrected chi connectivity index (χ2v) is 13.3. The summed E-state index contributed by atoms with van der Waals surface area (Å²) in [5.41, 5.74) is 5.51. The molecule has 1 unspecified atom stereocenters. The van der Waals surface area contributed by atoms with Crippen molar-refractivity contribution >= 4 is 11.8 Å². The van der Waals surface area contributed by atoms with Gasteiger partial charge in [-0.15, -0.1) is 0 Å². The maximum absolute atomic E-state index is 11.8. The molecule has 0 rings (SSSR count). The summed E-state index contributed by atoms with van der Waals surface area (Å²) in [5.74, 6) is 0.173. The molecule has 0 heterocycles. The van der Waals surface area contributed by atoms with E-state index in [4.69, 9.17) is 5.73 Å². The van der Waals surface area contributed by atoms with Crippen molar-refractivity contribution in [3.63, 3.8) is 0 Å². The van der Waals surface area contributed by atoms with Crippen LogP contribution in [0.15, 0.2) is 0 Å². The van der Waals surface area contributed by atoms with E-state index in [0.717, 1.165) is 12.3 Å². The van der Waals surface area contributed by atoms with E-state index in [1.165, 1.54) is 38.5 Å². The Bertz CT molecular complexity index is 557. The van der Waals surface area contributed by atoms with Gasteiger partial charge in [-0.3, -0.25) is 9.59 Å². The standard InChI is InChI=1S/C15H31N3O3.C9H20.C5H12.C3H8.C2H6/c1-14(2,9-15(3,4)17-5)10-18-13(21)8-11(19)6-7-12(16)20;1-6-9(4,5)7-8(2)3;1-3-5-4-2;1-3-2;1-2/h11,17,19H,6-10H2,1-5H3,(H2,16,20)(H,18,21);8H,6-7H2,1-5H3;3-5H2,1-2H3;3H2,1-2H3;1-2H3. The van der Waals surface area contributed by atoms with Crippen molar-refractivity contribution in [2.45, 2.75) is 180 Å². The van der Waals surface area contributed by atoms with Gasteiger partial charge in [0.05, 0.1) is 12.5 Å². The third-order valence-corrected chi connectivity index (χ3v) is 6.13. The molecule has 2 amide bonds. The summed E-state index contributed by atoms with van der Waals surface area (Å²) in [6.45, 7) is 33.2. The number of nitrogens with one attached hydrogen (secondary N) is 2. The Kier molecular flexibility index (Phi) is 35.7. The molecule has 0 saturated heterocycles. The molecule has 40 heavy (non-hydrogen) atoms. The van der Waals surface area contributed by atoms with Gasteiger partial charge in [-0.1, -0.05) is 122 Å². The van der Waals surface area contributed by atoms with Gasteiger partial charge >= 0.3 is 0 Å². The fraction of sp³-hybridized carbons (Fsp3) is 0.941. The first-order valence-electron chi connectivity index (χ1n) is 16.2. The van der Waals surface area contributed by atoms with Gasteiger partial charge in [0.1, 0.15) is 0 Å². The van der Waals surface area contributed by atoms with Gasteiger partial charge in [-0.05, 0) is 56.9 Å². The van der Waals surface area contributed by atoms with Crippen molar-refractivity contribution in [1.82, 2.24) is 10.6 Å². The number of hydrogen-bond donors (Lipinski definition) is 4. The lowest BCUT2D eigenvalue weighted by molar-refractivity contribution is -0.124. The molecule has 0 aliphatic rings. The summed E-state index contributed by atoms with van der Waals surface area (Å²) in [6.07, 6.45) is 8.37. The van der Waals surface area contributed by atoms with E-state index in [0.29, 0.717) is 12.0 Å². The molecule has 246 valence electrons. The Morgan fingerprint density at radius 3 is 1.60 bits per heavy atom. The smallest absolute Gasteiger partial charge is 0.222 e. The Morgan fingerprint density at radius 1 is 0.875 bits per heavy atom. The van der Waals surface area contributed by atoms with Crippen LogP contribution >= 0.6 is 0 Å². The quantitative estimate of drug-likeness (QED) is 0.157. The maximum atomic E-state index is 11.8. The summed E-state index contributed by atoms with van der Waals surface area (Å²) >= 11 is 0. The summed E-state index contributed by atoms with van der Waals surface area (Å²) in [5, 5.41) is 15.7. The molecule has 1 atom stereocenters. The van der Waals surface area contributed by atoms with Crippen LogP contribution in [-0.2, 0) is 9.59 Å². The van der Waals surface area contributed by atoms with Gasteiger partial charge in [0.2, 0.25) is 11.8 Å². The number of hydrogen-bond acceptors (Lipinski definition) is 4. The first-order chi connectivity index (χ1) is 18.3. The minimum atomic E-state index is -0.825. The number of amides is 2. The predicted molar refractivity (Wildman–Crippen MR) is 180 cm³/mol. The second-order valence-electron chi connectivity index (χ2n) is 13.3. The number of rotatable bonds is 15. The van der Waals surface area contributed by atoms with Crippen molar-refractivity contribution in [3.05, 3.63) is 0 Å². The number of unbranched alkanes of at least 4 members (excludes halogenated alkanes) is 2. The molecule has 6 heteroatoms. The van der Waals surface area contributed by atoms with E-state index in [9.17, 15) is 14.7 Å². The Labute approximate surface area is 252 Å². The van der Waals surface area contributed by atoms with Gasteiger partial charge in [0, 0.05) is 18.5 Å². The highest BCUT2D eigenvalue weighted by molar-refractivity contribution is 5.77. The fourth-order valence-electron chi connectivity index (χ4n) is 3.99. The van der Waals surface area contributed by atoms with Gasteiger partial charge in [0.15, 0.2) is 0 Å². The number of nitrogens with two attached hydrogens (primary N) is 1. The number of carbonyl (C=O) groups is 2. The van der Waals surface area contributed by atoms with Gasteiger partial charge < -0.3 is 21.5 Å². The van der Waals surface area contributed by atoms with E-state index in [1.807, 2.05) is 20.9 Å². The second kappa shape index (κ2) is 29.4. The van der Waals surface area contributed by atoms with Crippen molar-refractivity contribution in [1.29, 1.82) is 0 Å². The van der Waals surface area contributed by atoms with E-state index in [1.54, 1.807) is 0 Å². The zero-order valence-corrected chi connectivity index (χ0v) is 30.3. The first-order valence-corrected chi connectivity index (χ1v) is 16.2. The molecule has 6 nitrogen and oxygen atoms in total. The lowest BCUT2D eigenvalue weighted by atomic mass is 9.80. The highest BCUT2D eigenvalue weighted by Gasteiger charge is 2.28. The molecule has 0 spiro atoms. The van der Waals surface area contributed by atoms with Crippen molar-refractivity contribution in [2.75, 3.05) is 13.6 Å². The van der Waals surface area contributed by atoms with Crippen molar-refractivity contribution in [2.24, 2.45) is 22.5 Å². The molecule has 0 bridgehead atoms. The van der Waals surface area contributed by atoms with E-state index < -0.39 is 12.0 Å². The third-order valence-electron chi connectivity index (χ3n) is 6.13. The zero-order valence-electron chi connectivity index (χ0n) is 30.3. The van der Waals surface area contributed by atoms with Crippen LogP contribution in [0.1, 0.15) is 168 Å². The number of aliphatic hydroxyl groups excluding tert-OH is 1. The van der Waals surface area contributed by atoms with Crippen LogP contribution in [-0.4, -0.2) is 42.2 Å². The molecule has 0 aromatic rings. The molecule has 0 fully saturated rings. The van der Waals surface area contributed by atoms with Crippen molar-refractivity contribution in [3.8, 4) is 0 Å². The SMILES string of the molecule is CC.CCC.CCC(C)(C)CC(C)C.CCCCC.CNC(C)(C)CC(C)(C)CNC(=O)CC(O)CCC(N)=O.